The zero-order chi connectivity index (χ0) is 14.3. The van der Waals surface area contributed by atoms with Gasteiger partial charge >= 0.3 is 5.97 Å². The summed E-state index contributed by atoms with van der Waals surface area (Å²) in [5.74, 6) is -0.269. The molecule has 106 valence electrons. The van der Waals surface area contributed by atoms with Crippen molar-refractivity contribution in [2.45, 2.75) is 45.8 Å². The van der Waals surface area contributed by atoms with Crippen molar-refractivity contribution in [2.24, 2.45) is 0 Å². The summed E-state index contributed by atoms with van der Waals surface area (Å²) < 4.78 is 12.1. The summed E-state index contributed by atoms with van der Waals surface area (Å²) in [5, 5.41) is 0. The lowest BCUT2D eigenvalue weighted by Crippen LogP contribution is -2.27. The quantitative estimate of drug-likeness (QED) is 0.531. The van der Waals surface area contributed by atoms with Crippen LogP contribution in [-0.4, -0.2) is 18.7 Å². The molecule has 2 atom stereocenters. The average Bonchev–Trinajstić information content (AvgIpc) is 2.42. The van der Waals surface area contributed by atoms with E-state index in [9.17, 15) is 4.79 Å². The van der Waals surface area contributed by atoms with Gasteiger partial charge in [0.1, 0.15) is 0 Å². The highest BCUT2D eigenvalue weighted by Crippen LogP contribution is 2.24. The molecule has 0 saturated heterocycles. The first kappa shape index (κ1) is 16.4. The number of hydrogen-bond acceptors (Lipinski definition) is 3. The van der Waals surface area contributed by atoms with Crippen LogP contribution in [0, 0.1) is 3.57 Å². The van der Waals surface area contributed by atoms with Crippen molar-refractivity contribution in [3.63, 3.8) is 0 Å². The number of esters is 1. The Morgan fingerprint density at radius 2 is 1.79 bits per heavy atom. The van der Waals surface area contributed by atoms with Crippen LogP contribution < -0.4 is 0 Å². The molecule has 2 unspecified atom stereocenters. The molecule has 0 aliphatic rings. The van der Waals surface area contributed by atoms with Gasteiger partial charge in [0.2, 0.25) is 0 Å². The molecule has 0 aliphatic carbocycles. The van der Waals surface area contributed by atoms with Crippen LogP contribution >= 0.6 is 22.6 Å². The molecule has 0 aliphatic heterocycles. The number of rotatable bonds is 7. The predicted molar refractivity (Wildman–Crippen MR) is 84.0 cm³/mol. The fourth-order valence-corrected chi connectivity index (χ4v) is 2.20. The van der Waals surface area contributed by atoms with Gasteiger partial charge < -0.3 is 9.47 Å². The largest absolute Gasteiger partial charge is 0.464 e. The van der Waals surface area contributed by atoms with Crippen LogP contribution in [0.25, 0.3) is 0 Å². The van der Waals surface area contributed by atoms with E-state index in [0.29, 0.717) is 13.0 Å². The van der Waals surface area contributed by atoms with E-state index in [1.54, 1.807) is 6.92 Å². The summed E-state index contributed by atoms with van der Waals surface area (Å²) >= 11 is 2.27. The van der Waals surface area contributed by atoms with Crippen LogP contribution in [-0.2, 0) is 14.3 Å². The fraction of sp³-hybridized carbons (Fsp3) is 0.533. The summed E-state index contributed by atoms with van der Waals surface area (Å²) in [4.78, 5) is 11.8. The van der Waals surface area contributed by atoms with Crippen LogP contribution in [0.4, 0.5) is 0 Å². The van der Waals surface area contributed by atoms with Crippen molar-refractivity contribution >= 4 is 28.6 Å². The fourth-order valence-electron chi connectivity index (χ4n) is 1.84. The molecule has 3 nitrogen and oxygen atoms in total. The topological polar surface area (TPSA) is 35.5 Å². The summed E-state index contributed by atoms with van der Waals surface area (Å²) in [6.45, 7) is 6.18. The zero-order valence-electron chi connectivity index (χ0n) is 11.7. The Morgan fingerprint density at radius 1 is 1.16 bits per heavy atom. The van der Waals surface area contributed by atoms with E-state index in [1.807, 2.05) is 31.2 Å². The molecular weight excluding hydrogens is 355 g/mol. The van der Waals surface area contributed by atoms with E-state index >= 15 is 0 Å². The zero-order valence-corrected chi connectivity index (χ0v) is 13.8. The highest BCUT2D eigenvalue weighted by molar-refractivity contribution is 14.1. The van der Waals surface area contributed by atoms with Gasteiger partial charge in [0.25, 0.3) is 0 Å². The van der Waals surface area contributed by atoms with Gasteiger partial charge in [-0.2, -0.15) is 0 Å². The van der Waals surface area contributed by atoms with E-state index in [2.05, 4.69) is 29.5 Å². The molecule has 1 aromatic carbocycles. The summed E-state index contributed by atoms with van der Waals surface area (Å²) in [5.41, 5.74) is 1.10. The number of benzene rings is 1. The second-order valence-corrected chi connectivity index (χ2v) is 5.48. The second kappa shape index (κ2) is 8.53. The molecule has 0 bridgehead atoms. The standard InChI is InChI=1S/C15H21IO3/c1-4-13(11-7-9-12(16)10-8-11)19-14(5-2)15(17)18-6-3/h7-10,13-14H,4-6H2,1-3H3. The minimum atomic E-state index is -0.482. The molecule has 1 aromatic rings. The molecule has 0 amide bonds. The van der Waals surface area contributed by atoms with Crippen molar-refractivity contribution in [3.05, 3.63) is 33.4 Å². The monoisotopic (exact) mass is 376 g/mol. The van der Waals surface area contributed by atoms with Crippen LogP contribution in [0.15, 0.2) is 24.3 Å². The molecule has 0 N–H and O–H groups in total. The number of hydrogen-bond donors (Lipinski definition) is 0. The third-order valence-electron chi connectivity index (χ3n) is 2.86. The molecule has 1 rings (SSSR count). The van der Waals surface area contributed by atoms with Crippen molar-refractivity contribution in [2.75, 3.05) is 6.61 Å². The Balaban J connectivity index is 2.74. The van der Waals surface area contributed by atoms with Crippen molar-refractivity contribution in [3.8, 4) is 0 Å². The van der Waals surface area contributed by atoms with E-state index < -0.39 is 6.10 Å². The Kier molecular flexibility index (Phi) is 7.38. The summed E-state index contributed by atoms with van der Waals surface area (Å²) in [7, 11) is 0. The molecule has 0 fully saturated rings. The van der Waals surface area contributed by atoms with Gasteiger partial charge in [-0.15, -0.1) is 0 Å². The third-order valence-corrected chi connectivity index (χ3v) is 3.58. The minimum absolute atomic E-state index is 0.0636. The Morgan fingerprint density at radius 3 is 2.26 bits per heavy atom. The number of ether oxygens (including phenoxy) is 2. The lowest BCUT2D eigenvalue weighted by atomic mass is 10.1. The Labute approximate surface area is 128 Å². The second-order valence-electron chi connectivity index (χ2n) is 4.23. The van der Waals surface area contributed by atoms with Gasteiger partial charge in [0.05, 0.1) is 12.7 Å². The SMILES string of the molecule is CCOC(=O)C(CC)OC(CC)c1ccc(I)cc1. The average molecular weight is 376 g/mol. The van der Waals surface area contributed by atoms with Gasteiger partial charge in [-0.05, 0) is 60.1 Å². The minimum Gasteiger partial charge on any atom is -0.464 e. The first-order valence-electron chi connectivity index (χ1n) is 6.69. The number of halogens is 1. The van der Waals surface area contributed by atoms with E-state index in [4.69, 9.17) is 9.47 Å². The van der Waals surface area contributed by atoms with Gasteiger partial charge in [-0.25, -0.2) is 4.79 Å². The van der Waals surface area contributed by atoms with Crippen LogP contribution in [0.1, 0.15) is 45.3 Å². The van der Waals surface area contributed by atoms with Crippen LogP contribution in [0.3, 0.4) is 0 Å². The van der Waals surface area contributed by atoms with Gasteiger partial charge in [-0.3, -0.25) is 0 Å². The molecule has 4 heteroatoms. The number of carbonyl (C=O) groups is 1. The van der Waals surface area contributed by atoms with E-state index in [0.717, 1.165) is 12.0 Å². The van der Waals surface area contributed by atoms with Crippen LogP contribution in [0.5, 0.6) is 0 Å². The van der Waals surface area contributed by atoms with E-state index in [1.165, 1.54) is 3.57 Å². The molecule has 0 radical (unpaired) electrons. The lowest BCUT2D eigenvalue weighted by molar-refractivity contribution is -0.161. The maximum atomic E-state index is 11.8. The lowest BCUT2D eigenvalue weighted by Gasteiger charge is -2.22. The molecule has 0 spiro atoms. The Hall–Kier alpha value is -0.620. The van der Waals surface area contributed by atoms with Crippen molar-refractivity contribution in [1.82, 2.24) is 0 Å². The van der Waals surface area contributed by atoms with Gasteiger partial charge in [0, 0.05) is 3.57 Å². The molecule has 0 aromatic heterocycles. The highest BCUT2D eigenvalue weighted by Gasteiger charge is 2.23. The van der Waals surface area contributed by atoms with Gasteiger partial charge in [-0.1, -0.05) is 26.0 Å². The number of carbonyl (C=O) groups excluding carboxylic acids is 1. The smallest absolute Gasteiger partial charge is 0.335 e. The maximum absolute atomic E-state index is 11.8. The maximum Gasteiger partial charge on any atom is 0.335 e. The van der Waals surface area contributed by atoms with Crippen LogP contribution in [0.2, 0.25) is 0 Å². The highest BCUT2D eigenvalue weighted by atomic mass is 127. The summed E-state index contributed by atoms with van der Waals surface area (Å²) in [6.07, 6.45) is 0.909. The normalized spacial score (nSPS) is 13.9. The molecular formula is C15H21IO3. The predicted octanol–water partition coefficient (Wildman–Crippen LogP) is 4.10. The Bertz CT molecular complexity index is 389. The summed E-state index contributed by atoms with van der Waals surface area (Å²) in [6, 6.07) is 8.20. The van der Waals surface area contributed by atoms with E-state index in [-0.39, 0.29) is 12.1 Å². The third kappa shape index (κ3) is 5.10. The van der Waals surface area contributed by atoms with Crippen molar-refractivity contribution < 1.29 is 14.3 Å². The first-order valence-corrected chi connectivity index (χ1v) is 7.77. The molecule has 0 heterocycles. The first-order chi connectivity index (χ1) is 9.12. The molecule has 0 saturated carbocycles. The van der Waals surface area contributed by atoms with Crippen molar-refractivity contribution in [1.29, 1.82) is 0 Å². The van der Waals surface area contributed by atoms with Gasteiger partial charge in [0.15, 0.2) is 6.10 Å². The molecule has 19 heavy (non-hydrogen) atoms.